The van der Waals surface area contributed by atoms with Crippen molar-refractivity contribution in [3.8, 4) is 0 Å². The van der Waals surface area contributed by atoms with Gasteiger partial charge in [-0.15, -0.1) is 0 Å². The van der Waals surface area contributed by atoms with E-state index in [9.17, 15) is 13.2 Å². The van der Waals surface area contributed by atoms with Crippen molar-refractivity contribution in [2.24, 2.45) is 17.8 Å². The second kappa shape index (κ2) is 6.07. The minimum Gasteiger partial charge on any atom is -0.274 e. The number of carbonyl (C=O) groups excluding carboxylic acids is 1. The maximum absolute atomic E-state index is 12.6. The van der Waals surface area contributed by atoms with Gasteiger partial charge in [-0.1, -0.05) is 38.2 Å². The predicted octanol–water partition coefficient (Wildman–Crippen LogP) is 2.71. The molecule has 0 bridgehead atoms. The highest BCUT2D eigenvalue weighted by Crippen LogP contribution is 2.49. The van der Waals surface area contributed by atoms with Crippen LogP contribution in [0.3, 0.4) is 0 Å². The van der Waals surface area contributed by atoms with Gasteiger partial charge in [0.2, 0.25) is 5.91 Å². The molecule has 1 N–H and O–H groups in total. The van der Waals surface area contributed by atoms with Crippen LogP contribution in [0.1, 0.15) is 38.5 Å². The van der Waals surface area contributed by atoms with Crippen molar-refractivity contribution < 1.29 is 13.2 Å². The van der Waals surface area contributed by atoms with Gasteiger partial charge in [0.05, 0.1) is 11.7 Å². The Balaban J connectivity index is 1.48. The molecular formula is C16H19N3O3S2. The van der Waals surface area contributed by atoms with Gasteiger partial charge in [-0.25, -0.2) is 13.1 Å². The first-order valence-electron chi connectivity index (χ1n) is 8.34. The van der Waals surface area contributed by atoms with Crippen molar-refractivity contribution in [3.05, 3.63) is 18.2 Å². The Morgan fingerprint density at radius 1 is 1.17 bits per heavy atom. The molecule has 0 radical (unpaired) electrons. The van der Waals surface area contributed by atoms with E-state index in [-0.39, 0.29) is 16.7 Å². The number of amides is 1. The van der Waals surface area contributed by atoms with E-state index >= 15 is 0 Å². The molecule has 0 spiro atoms. The van der Waals surface area contributed by atoms with Gasteiger partial charge in [-0.3, -0.25) is 4.79 Å². The third-order valence-electron chi connectivity index (χ3n) is 5.21. The zero-order chi connectivity index (χ0) is 16.7. The Hall–Kier alpha value is -1.54. The summed E-state index contributed by atoms with van der Waals surface area (Å²) in [5.41, 5.74) is 0.851. The predicted molar refractivity (Wildman–Crippen MR) is 90.9 cm³/mol. The molecular weight excluding hydrogens is 346 g/mol. The van der Waals surface area contributed by atoms with E-state index in [4.69, 9.17) is 0 Å². The lowest BCUT2D eigenvalue weighted by atomic mass is 9.85. The highest BCUT2D eigenvalue weighted by atomic mass is 32.2. The van der Waals surface area contributed by atoms with Crippen LogP contribution < -0.4 is 4.72 Å². The fraction of sp³-hybridized carbons (Fsp3) is 0.562. The molecule has 2 fully saturated rings. The average molecular weight is 365 g/mol. The molecule has 8 heteroatoms. The molecule has 0 saturated heterocycles. The molecule has 0 unspecified atom stereocenters. The lowest BCUT2D eigenvalue weighted by Crippen LogP contribution is -2.32. The first-order chi connectivity index (χ1) is 11.6. The lowest BCUT2D eigenvalue weighted by molar-refractivity contribution is -0.121. The van der Waals surface area contributed by atoms with Crippen LogP contribution in [0.15, 0.2) is 23.1 Å². The fourth-order valence-electron chi connectivity index (χ4n) is 3.86. The minimum absolute atomic E-state index is 0.0250. The third kappa shape index (κ3) is 2.93. The zero-order valence-corrected chi connectivity index (χ0v) is 14.8. The highest BCUT2D eigenvalue weighted by molar-refractivity contribution is 7.90. The molecule has 1 amide bonds. The summed E-state index contributed by atoms with van der Waals surface area (Å²) < 4.78 is 35.5. The van der Waals surface area contributed by atoms with E-state index < -0.39 is 10.0 Å². The van der Waals surface area contributed by atoms with Gasteiger partial charge in [-0.2, -0.15) is 8.75 Å². The smallest absolute Gasteiger partial charge is 0.266 e. The number of hydrogen-bond donors (Lipinski definition) is 1. The van der Waals surface area contributed by atoms with Gasteiger partial charge in [0.25, 0.3) is 10.0 Å². The number of carbonyl (C=O) groups is 1. The molecule has 2 saturated carbocycles. The highest BCUT2D eigenvalue weighted by Gasteiger charge is 2.48. The number of aromatic nitrogens is 2. The van der Waals surface area contributed by atoms with Crippen LogP contribution >= 0.6 is 11.7 Å². The maximum atomic E-state index is 12.6. The Kier molecular flexibility index (Phi) is 4.04. The van der Waals surface area contributed by atoms with Crippen molar-refractivity contribution in [1.29, 1.82) is 0 Å². The summed E-state index contributed by atoms with van der Waals surface area (Å²) in [6.07, 6.45) is 6.89. The number of nitrogens with zero attached hydrogens (tertiary/aromatic N) is 2. The van der Waals surface area contributed by atoms with Crippen LogP contribution in [0.2, 0.25) is 0 Å². The molecule has 2 aliphatic rings. The largest absolute Gasteiger partial charge is 0.274 e. The van der Waals surface area contributed by atoms with Crippen LogP contribution in [0.5, 0.6) is 0 Å². The van der Waals surface area contributed by atoms with Gasteiger partial charge in [0.1, 0.15) is 15.9 Å². The van der Waals surface area contributed by atoms with Crippen LogP contribution in [-0.4, -0.2) is 23.1 Å². The average Bonchev–Trinajstić information content (AvgIpc) is 3.24. The number of nitrogens with one attached hydrogen (secondary N) is 1. The van der Waals surface area contributed by atoms with E-state index in [1.165, 1.54) is 38.2 Å². The summed E-state index contributed by atoms with van der Waals surface area (Å²) >= 11 is 0.963. The lowest BCUT2D eigenvalue weighted by Gasteiger charge is -2.21. The van der Waals surface area contributed by atoms with Crippen LogP contribution in [0.4, 0.5) is 0 Å². The van der Waals surface area contributed by atoms with E-state index in [0.29, 0.717) is 22.9 Å². The molecule has 0 aliphatic heterocycles. The van der Waals surface area contributed by atoms with Crippen LogP contribution in [-0.2, 0) is 14.8 Å². The van der Waals surface area contributed by atoms with E-state index in [2.05, 4.69) is 13.5 Å². The van der Waals surface area contributed by atoms with Gasteiger partial charge in [-0.05, 0) is 30.4 Å². The van der Waals surface area contributed by atoms with Gasteiger partial charge in [0.15, 0.2) is 0 Å². The number of rotatable bonds is 4. The third-order valence-corrected chi connectivity index (χ3v) is 7.13. The summed E-state index contributed by atoms with van der Waals surface area (Å²) in [7, 11) is -3.91. The zero-order valence-electron chi connectivity index (χ0n) is 13.1. The molecule has 4 rings (SSSR count). The number of hydrogen-bond acceptors (Lipinski definition) is 6. The van der Waals surface area contributed by atoms with Crippen molar-refractivity contribution in [2.75, 3.05) is 0 Å². The van der Waals surface area contributed by atoms with E-state index in [0.717, 1.165) is 18.1 Å². The van der Waals surface area contributed by atoms with Crippen molar-refractivity contribution in [3.63, 3.8) is 0 Å². The van der Waals surface area contributed by atoms with Crippen molar-refractivity contribution in [2.45, 2.75) is 43.4 Å². The molecule has 1 heterocycles. The van der Waals surface area contributed by atoms with E-state index in [1.54, 1.807) is 12.1 Å². The van der Waals surface area contributed by atoms with Crippen molar-refractivity contribution in [1.82, 2.24) is 13.5 Å². The Labute approximate surface area is 145 Å². The summed E-state index contributed by atoms with van der Waals surface area (Å²) in [6, 6.07) is 4.79. The molecule has 1 aromatic heterocycles. The molecule has 2 aromatic rings. The maximum Gasteiger partial charge on any atom is 0.266 e. The second-order valence-corrected chi connectivity index (χ2v) is 8.94. The molecule has 2 aliphatic carbocycles. The quantitative estimate of drug-likeness (QED) is 0.900. The minimum atomic E-state index is -3.91. The van der Waals surface area contributed by atoms with Crippen LogP contribution in [0.25, 0.3) is 11.0 Å². The topological polar surface area (TPSA) is 89.0 Å². The van der Waals surface area contributed by atoms with Gasteiger partial charge in [0, 0.05) is 5.92 Å². The number of benzene rings is 1. The normalized spacial score (nSPS) is 24.8. The van der Waals surface area contributed by atoms with Gasteiger partial charge < -0.3 is 0 Å². The molecule has 24 heavy (non-hydrogen) atoms. The summed E-state index contributed by atoms with van der Waals surface area (Å²) in [6.45, 7) is 0. The SMILES string of the molecule is O=C(NS(=O)(=O)c1cccc2nsnc12)[C@H]1C[C@H]1C1CCCCC1. The van der Waals surface area contributed by atoms with E-state index in [1.807, 2.05) is 0 Å². The van der Waals surface area contributed by atoms with Crippen molar-refractivity contribution >= 4 is 38.7 Å². The van der Waals surface area contributed by atoms with Crippen LogP contribution in [0, 0.1) is 17.8 Å². The van der Waals surface area contributed by atoms with Gasteiger partial charge >= 0.3 is 0 Å². The Morgan fingerprint density at radius 2 is 1.96 bits per heavy atom. The second-order valence-electron chi connectivity index (χ2n) is 6.76. The Morgan fingerprint density at radius 3 is 2.75 bits per heavy atom. The molecule has 2 atom stereocenters. The Bertz CT molecular complexity index is 872. The number of sulfonamides is 1. The standard InChI is InChI=1S/C16H19N3O3S2/c20-16(12-9-11(12)10-5-2-1-3-6-10)19-24(21,22)14-8-4-7-13-15(14)18-23-17-13/h4,7-8,10-12H,1-3,5-6,9H2,(H,19,20)/t11-,12-/m0/s1. The monoisotopic (exact) mass is 365 g/mol. The number of fused-ring (bicyclic) bond motifs is 1. The molecule has 6 nitrogen and oxygen atoms in total. The summed E-state index contributed by atoms with van der Waals surface area (Å²) in [4.78, 5) is 12.4. The molecule has 128 valence electrons. The first-order valence-corrected chi connectivity index (χ1v) is 10.6. The summed E-state index contributed by atoms with van der Waals surface area (Å²) in [5, 5.41) is 0. The molecule has 1 aromatic carbocycles. The first kappa shape index (κ1) is 16.0. The summed E-state index contributed by atoms with van der Waals surface area (Å²) in [5.74, 6) is 0.419. The fourth-order valence-corrected chi connectivity index (χ4v) is 5.66.